The molecule has 2 N–H and O–H groups in total. The first kappa shape index (κ1) is 17.3. The van der Waals surface area contributed by atoms with E-state index >= 15 is 0 Å². The van der Waals surface area contributed by atoms with Gasteiger partial charge in [-0.15, -0.1) is 5.10 Å². The molecule has 1 atom stereocenters. The lowest BCUT2D eigenvalue weighted by Gasteiger charge is -2.17. The van der Waals surface area contributed by atoms with Gasteiger partial charge in [-0.2, -0.15) is 0 Å². The van der Waals surface area contributed by atoms with E-state index in [-0.39, 0.29) is 30.6 Å². The first-order chi connectivity index (χ1) is 13.0. The van der Waals surface area contributed by atoms with Crippen molar-refractivity contribution in [3.05, 3.63) is 48.0 Å². The standard InChI is InChI=1S/C19H20N4O4/c1-12-5-6-16(27-12)18-20-19(23(21-18)7-8-24)13-9-17(26)22(11-13)14-3-2-4-15(25)10-14/h2-6,10,13,24-25H,7-9,11H2,1H3. The Bertz CT molecular complexity index is 978. The van der Waals surface area contributed by atoms with Gasteiger partial charge < -0.3 is 19.5 Å². The fraction of sp³-hybridized carbons (Fsp3) is 0.316. The first-order valence-corrected chi connectivity index (χ1v) is 8.77. The van der Waals surface area contributed by atoms with Crippen molar-refractivity contribution in [3.8, 4) is 17.3 Å². The van der Waals surface area contributed by atoms with E-state index < -0.39 is 0 Å². The highest BCUT2D eigenvalue weighted by Crippen LogP contribution is 2.33. The SMILES string of the molecule is Cc1ccc(-c2nc(C3CC(=O)N(c4cccc(O)c4)C3)n(CCO)n2)o1. The summed E-state index contributed by atoms with van der Waals surface area (Å²) in [6.07, 6.45) is 0.288. The van der Waals surface area contributed by atoms with Crippen molar-refractivity contribution >= 4 is 11.6 Å². The van der Waals surface area contributed by atoms with Crippen LogP contribution in [-0.2, 0) is 11.3 Å². The summed E-state index contributed by atoms with van der Waals surface area (Å²) in [7, 11) is 0. The highest BCUT2D eigenvalue weighted by atomic mass is 16.3. The molecule has 0 bridgehead atoms. The molecule has 1 fully saturated rings. The topological polar surface area (TPSA) is 105 Å². The number of hydrogen-bond acceptors (Lipinski definition) is 6. The fourth-order valence-electron chi connectivity index (χ4n) is 3.37. The summed E-state index contributed by atoms with van der Waals surface area (Å²) in [5.74, 6) is 2.31. The number of aromatic hydroxyl groups is 1. The van der Waals surface area contributed by atoms with E-state index in [4.69, 9.17) is 4.42 Å². The van der Waals surface area contributed by atoms with Crippen molar-refractivity contribution in [1.82, 2.24) is 14.8 Å². The maximum absolute atomic E-state index is 12.5. The molecule has 0 aliphatic carbocycles. The number of carbonyl (C=O) groups is 1. The quantitative estimate of drug-likeness (QED) is 0.714. The molecule has 3 aromatic rings. The Morgan fingerprint density at radius 1 is 1.30 bits per heavy atom. The molecule has 27 heavy (non-hydrogen) atoms. The number of aliphatic hydroxyl groups is 1. The largest absolute Gasteiger partial charge is 0.508 e. The maximum atomic E-state index is 12.5. The number of hydrogen-bond donors (Lipinski definition) is 2. The smallest absolute Gasteiger partial charge is 0.227 e. The molecule has 1 amide bonds. The van der Waals surface area contributed by atoms with Crippen LogP contribution in [0.25, 0.3) is 11.6 Å². The molecule has 2 aromatic heterocycles. The number of amides is 1. The Morgan fingerprint density at radius 2 is 2.15 bits per heavy atom. The normalized spacial score (nSPS) is 17.0. The fourth-order valence-corrected chi connectivity index (χ4v) is 3.37. The molecule has 8 heteroatoms. The lowest BCUT2D eigenvalue weighted by molar-refractivity contribution is -0.117. The van der Waals surface area contributed by atoms with E-state index in [9.17, 15) is 15.0 Å². The van der Waals surface area contributed by atoms with Gasteiger partial charge in [0.15, 0.2) is 5.76 Å². The number of aromatic nitrogens is 3. The third kappa shape index (κ3) is 3.31. The number of phenols is 1. The molecule has 1 aromatic carbocycles. The van der Waals surface area contributed by atoms with E-state index in [1.165, 1.54) is 0 Å². The Morgan fingerprint density at radius 3 is 2.85 bits per heavy atom. The van der Waals surface area contributed by atoms with Gasteiger partial charge in [0, 0.05) is 30.6 Å². The Kier molecular flexibility index (Phi) is 4.41. The zero-order chi connectivity index (χ0) is 19.0. The van der Waals surface area contributed by atoms with Crippen LogP contribution in [-0.4, -0.2) is 44.0 Å². The van der Waals surface area contributed by atoms with E-state index in [1.54, 1.807) is 39.9 Å². The number of carbonyl (C=O) groups excluding carboxylic acids is 1. The average Bonchev–Trinajstić information content (AvgIpc) is 3.33. The van der Waals surface area contributed by atoms with Crippen molar-refractivity contribution in [2.45, 2.75) is 25.8 Å². The number of benzene rings is 1. The van der Waals surface area contributed by atoms with Gasteiger partial charge in [-0.1, -0.05) is 6.07 Å². The van der Waals surface area contributed by atoms with Crippen LogP contribution in [0.3, 0.4) is 0 Å². The molecular weight excluding hydrogens is 348 g/mol. The monoisotopic (exact) mass is 368 g/mol. The van der Waals surface area contributed by atoms with Crippen LogP contribution in [0, 0.1) is 6.92 Å². The molecule has 0 radical (unpaired) electrons. The Labute approximate surface area is 155 Å². The highest BCUT2D eigenvalue weighted by Gasteiger charge is 2.35. The second-order valence-electron chi connectivity index (χ2n) is 6.58. The summed E-state index contributed by atoms with van der Waals surface area (Å²) < 4.78 is 7.23. The lowest BCUT2D eigenvalue weighted by atomic mass is 10.1. The van der Waals surface area contributed by atoms with Crippen molar-refractivity contribution in [2.75, 3.05) is 18.1 Å². The number of aryl methyl sites for hydroxylation is 1. The Balaban J connectivity index is 1.64. The number of furan rings is 1. The van der Waals surface area contributed by atoms with Crippen molar-refractivity contribution in [1.29, 1.82) is 0 Å². The van der Waals surface area contributed by atoms with Crippen molar-refractivity contribution in [3.63, 3.8) is 0 Å². The molecule has 4 rings (SSSR count). The van der Waals surface area contributed by atoms with E-state index in [2.05, 4.69) is 10.1 Å². The van der Waals surface area contributed by atoms with Crippen LogP contribution in [0.5, 0.6) is 5.75 Å². The molecule has 0 spiro atoms. The van der Waals surface area contributed by atoms with E-state index in [1.807, 2.05) is 13.0 Å². The van der Waals surface area contributed by atoms with E-state index in [0.29, 0.717) is 36.2 Å². The molecular formula is C19H20N4O4. The molecule has 3 heterocycles. The van der Waals surface area contributed by atoms with Gasteiger partial charge in [-0.3, -0.25) is 4.79 Å². The summed E-state index contributed by atoms with van der Waals surface area (Å²) in [6, 6.07) is 10.3. The molecule has 1 aliphatic rings. The van der Waals surface area contributed by atoms with Crippen LogP contribution in [0.1, 0.15) is 23.9 Å². The van der Waals surface area contributed by atoms with Gasteiger partial charge >= 0.3 is 0 Å². The highest BCUT2D eigenvalue weighted by molar-refractivity contribution is 5.96. The van der Waals surface area contributed by atoms with Crippen molar-refractivity contribution in [2.24, 2.45) is 0 Å². The summed E-state index contributed by atoms with van der Waals surface area (Å²) in [6.45, 7) is 2.49. The second kappa shape index (κ2) is 6.88. The molecule has 1 saturated heterocycles. The summed E-state index contributed by atoms with van der Waals surface area (Å²) in [5.41, 5.74) is 0.651. The number of phenolic OH excluding ortho intramolecular Hbond substituents is 1. The minimum absolute atomic E-state index is 0.0421. The van der Waals surface area contributed by atoms with Gasteiger partial charge in [0.05, 0.1) is 13.2 Å². The van der Waals surface area contributed by atoms with Crippen LogP contribution < -0.4 is 4.90 Å². The number of rotatable bonds is 5. The van der Waals surface area contributed by atoms with Crippen LogP contribution >= 0.6 is 0 Å². The number of anilines is 1. The predicted molar refractivity (Wildman–Crippen MR) is 97.4 cm³/mol. The first-order valence-electron chi connectivity index (χ1n) is 8.77. The van der Waals surface area contributed by atoms with Gasteiger partial charge in [-0.25, -0.2) is 9.67 Å². The average molecular weight is 368 g/mol. The lowest BCUT2D eigenvalue weighted by Crippen LogP contribution is -2.24. The second-order valence-corrected chi connectivity index (χ2v) is 6.58. The van der Waals surface area contributed by atoms with Gasteiger partial charge in [0.1, 0.15) is 17.3 Å². The zero-order valence-electron chi connectivity index (χ0n) is 14.9. The predicted octanol–water partition coefficient (Wildman–Crippen LogP) is 2.06. The minimum atomic E-state index is -0.163. The summed E-state index contributed by atoms with van der Waals surface area (Å²) >= 11 is 0. The Hall–Kier alpha value is -3.13. The van der Waals surface area contributed by atoms with E-state index in [0.717, 1.165) is 5.76 Å². The minimum Gasteiger partial charge on any atom is -0.508 e. The third-order valence-electron chi connectivity index (χ3n) is 4.60. The van der Waals surface area contributed by atoms with Gasteiger partial charge in [0.25, 0.3) is 0 Å². The van der Waals surface area contributed by atoms with Crippen LogP contribution in [0.4, 0.5) is 5.69 Å². The van der Waals surface area contributed by atoms with Gasteiger partial charge in [-0.05, 0) is 31.2 Å². The van der Waals surface area contributed by atoms with Gasteiger partial charge in [0.2, 0.25) is 11.7 Å². The number of nitrogens with zero attached hydrogens (tertiary/aromatic N) is 4. The molecule has 1 aliphatic heterocycles. The summed E-state index contributed by atoms with van der Waals surface area (Å²) in [5, 5.41) is 23.5. The molecule has 140 valence electrons. The third-order valence-corrected chi connectivity index (χ3v) is 4.60. The number of aliphatic hydroxyl groups excluding tert-OH is 1. The molecule has 0 saturated carbocycles. The van der Waals surface area contributed by atoms with Crippen molar-refractivity contribution < 1.29 is 19.4 Å². The molecule has 1 unspecified atom stereocenters. The maximum Gasteiger partial charge on any atom is 0.227 e. The van der Waals surface area contributed by atoms with Crippen LogP contribution in [0.2, 0.25) is 0 Å². The summed E-state index contributed by atoms with van der Waals surface area (Å²) in [4.78, 5) is 18.8. The molecule has 8 nitrogen and oxygen atoms in total. The van der Waals surface area contributed by atoms with Crippen LogP contribution in [0.15, 0.2) is 40.8 Å². The zero-order valence-corrected chi connectivity index (χ0v) is 14.9.